The number of amides is 1. The van der Waals surface area contributed by atoms with Crippen LogP contribution in [-0.2, 0) is 22.6 Å². The fourth-order valence-corrected chi connectivity index (χ4v) is 3.03. The number of halogens is 1. The summed E-state index contributed by atoms with van der Waals surface area (Å²) < 4.78 is 17.1. The van der Waals surface area contributed by atoms with E-state index in [0.29, 0.717) is 23.9 Å². The Morgan fingerprint density at radius 3 is 2.96 bits per heavy atom. The van der Waals surface area contributed by atoms with Gasteiger partial charge in [0.1, 0.15) is 12.4 Å². The first kappa shape index (κ1) is 17.9. The van der Waals surface area contributed by atoms with Crippen molar-refractivity contribution in [1.29, 1.82) is 0 Å². The van der Waals surface area contributed by atoms with E-state index in [1.54, 1.807) is 6.07 Å². The molecule has 7 heteroatoms. The average Bonchev–Trinajstić information content (AvgIpc) is 3.06. The molecule has 6 nitrogen and oxygen atoms in total. The second-order valence-corrected chi connectivity index (χ2v) is 6.98. The number of hydrogen-bond acceptors (Lipinski definition) is 5. The Bertz CT molecular complexity index is 698. The van der Waals surface area contributed by atoms with Gasteiger partial charge in [-0.25, -0.2) is 0 Å². The number of nitrogens with zero attached hydrogens (tertiary/aromatic N) is 1. The van der Waals surface area contributed by atoms with Crippen molar-refractivity contribution in [2.24, 2.45) is 5.92 Å². The van der Waals surface area contributed by atoms with E-state index in [9.17, 15) is 4.79 Å². The largest absolute Gasteiger partial charge is 0.486 e. The molecule has 0 atom stereocenters. The molecule has 1 aliphatic rings. The molecule has 2 aromatic rings. The first-order chi connectivity index (χ1) is 12.2. The van der Waals surface area contributed by atoms with Crippen LogP contribution in [0.1, 0.15) is 24.3 Å². The van der Waals surface area contributed by atoms with E-state index in [0.717, 1.165) is 36.3 Å². The van der Waals surface area contributed by atoms with E-state index in [2.05, 4.69) is 26.4 Å². The summed E-state index contributed by atoms with van der Waals surface area (Å²) in [5.41, 5.74) is 0.609. The van der Waals surface area contributed by atoms with Crippen LogP contribution in [0.25, 0.3) is 0 Å². The highest BCUT2D eigenvalue weighted by Gasteiger charge is 2.15. The second kappa shape index (κ2) is 9.01. The third-order valence-corrected chi connectivity index (χ3v) is 4.55. The first-order valence-corrected chi connectivity index (χ1v) is 9.15. The fourth-order valence-electron chi connectivity index (χ4n) is 2.65. The summed E-state index contributed by atoms with van der Waals surface area (Å²) in [6, 6.07) is 9.32. The lowest BCUT2D eigenvalue weighted by molar-refractivity contribution is -0.120. The number of nitrogens with one attached hydrogen (secondary N) is 1. The SMILES string of the molecule is O=C(Cc1cc(COc2cccc(Br)c2)on1)NCC1CCOCC1. The topological polar surface area (TPSA) is 73.6 Å². The summed E-state index contributed by atoms with van der Waals surface area (Å²) in [7, 11) is 0. The first-order valence-electron chi connectivity index (χ1n) is 8.36. The van der Waals surface area contributed by atoms with Crippen LogP contribution >= 0.6 is 15.9 Å². The molecular weight excluding hydrogens is 388 g/mol. The number of carbonyl (C=O) groups is 1. The summed E-state index contributed by atoms with van der Waals surface area (Å²) >= 11 is 3.40. The zero-order chi connectivity index (χ0) is 17.5. The number of carbonyl (C=O) groups excluding carboxylic acids is 1. The highest BCUT2D eigenvalue weighted by atomic mass is 79.9. The molecule has 1 N–H and O–H groups in total. The van der Waals surface area contributed by atoms with Gasteiger partial charge in [0.25, 0.3) is 0 Å². The Hall–Kier alpha value is -1.86. The molecule has 0 spiro atoms. The molecule has 1 aliphatic heterocycles. The molecule has 1 saturated heterocycles. The quantitative estimate of drug-likeness (QED) is 0.761. The van der Waals surface area contributed by atoms with E-state index in [4.69, 9.17) is 14.0 Å². The lowest BCUT2D eigenvalue weighted by Crippen LogP contribution is -2.33. The summed E-state index contributed by atoms with van der Waals surface area (Å²) in [5, 5.41) is 6.90. The molecule has 0 saturated carbocycles. The van der Waals surface area contributed by atoms with Crippen molar-refractivity contribution in [3.63, 3.8) is 0 Å². The van der Waals surface area contributed by atoms with Crippen LogP contribution in [-0.4, -0.2) is 30.8 Å². The maximum atomic E-state index is 12.0. The maximum absolute atomic E-state index is 12.0. The Kier molecular flexibility index (Phi) is 6.47. The number of hydrogen-bond donors (Lipinski definition) is 1. The molecule has 0 radical (unpaired) electrons. The van der Waals surface area contributed by atoms with Crippen LogP contribution in [0.4, 0.5) is 0 Å². The summed E-state index contributed by atoms with van der Waals surface area (Å²) in [5.74, 6) is 1.79. The molecule has 1 amide bonds. The zero-order valence-electron chi connectivity index (χ0n) is 13.9. The van der Waals surface area contributed by atoms with Crippen LogP contribution < -0.4 is 10.1 Å². The van der Waals surface area contributed by atoms with E-state index in [1.807, 2.05) is 24.3 Å². The van der Waals surface area contributed by atoms with E-state index in [1.165, 1.54) is 0 Å². The Labute approximate surface area is 155 Å². The van der Waals surface area contributed by atoms with Crippen molar-refractivity contribution in [2.75, 3.05) is 19.8 Å². The monoisotopic (exact) mass is 408 g/mol. The van der Waals surface area contributed by atoms with Crippen LogP contribution in [0.3, 0.4) is 0 Å². The van der Waals surface area contributed by atoms with Crippen LogP contribution in [0, 0.1) is 5.92 Å². The number of aromatic nitrogens is 1. The van der Waals surface area contributed by atoms with Gasteiger partial charge >= 0.3 is 0 Å². The van der Waals surface area contributed by atoms with Crippen molar-refractivity contribution < 1.29 is 18.8 Å². The summed E-state index contributed by atoms with van der Waals surface area (Å²) in [6.45, 7) is 2.53. The van der Waals surface area contributed by atoms with Crippen molar-refractivity contribution >= 4 is 21.8 Å². The normalized spacial score (nSPS) is 15.1. The summed E-state index contributed by atoms with van der Waals surface area (Å²) in [4.78, 5) is 12.0. The molecule has 25 heavy (non-hydrogen) atoms. The van der Waals surface area contributed by atoms with Gasteiger partial charge in [-0.05, 0) is 37.0 Å². The van der Waals surface area contributed by atoms with Gasteiger partial charge in [-0.2, -0.15) is 0 Å². The predicted octanol–water partition coefficient (Wildman–Crippen LogP) is 3.10. The van der Waals surface area contributed by atoms with Gasteiger partial charge < -0.3 is 19.3 Å². The van der Waals surface area contributed by atoms with Crippen molar-refractivity contribution in [3.05, 3.63) is 46.3 Å². The number of ether oxygens (including phenoxy) is 2. The van der Waals surface area contributed by atoms with Gasteiger partial charge in [-0.15, -0.1) is 0 Å². The highest BCUT2D eigenvalue weighted by Crippen LogP contribution is 2.19. The molecule has 0 bridgehead atoms. The van der Waals surface area contributed by atoms with Crippen LogP contribution in [0.5, 0.6) is 5.75 Å². The average molecular weight is 409 g/mol. The molecule has 2 heterocycles. The number of benzene rings is 1. The standard InChI is InChI=1S/C18H21BrN2O4/c19-14-2-1-3-16(8-14)24-12-17-9-15(21-25-17)10-18(22)20-11-13-4-6-23-7-5-13/h1-3,8-9,13H,4-7,10-12H2,(H,20,22). The minimum absolute atomic E-state index is 0.0424. The predicted molar refractivity (Wildman–Crippen MR) is 95.2 cm³/mol. The minimum Gasteiger partial charge on any atom is -0.486 e. The lowest BCUT2D eigenvalue weighted by Gasteiger charge is -2.21. The highest BCUT2D eigenvalue weighted by molar-refractivity contribution is 9.10. The van der Waals surface area contributed by atoms with Gasteiger partial charge in [-0.1, -0.05) is 27.2 Å². The molecule has 3 rings (SSSR count). The van der Waals surface area contributed by atoms with Gasteiger partial charge in [0.15, 0.2) is 5.76 Å². The van der Waals surface area contributed by atoms with Crippen LogP contribution in [0.15, 0.2) is 39.3 Å². The van der Waals surface area contributed by atoms with Gasteiger partial charge in [0, 0.05) is 30.3 Å². The van der Waals surface area contributed by atoms with E-state index < -0.39 is 0 Å². The van der Waals surface area contributed by atoms with E-state index in [-0.39, 0.29) is 18.9 Å². The van der Waals surface area contributed by atoms with Crippen molar-refractivity contribution in [2.45, 2.75) is 25.9 Å². The van der Waals surface area contributed by atoms with Crippen LogP contribution in [0.2, 0.25) is 0 Å². The van der Waals surface area contributed by atoms with Crippen molar-refractivity contribution in [3.8, 4) is 5.75 Å². The molecule has 1 fully saturated rings. The van der Waals surface area contributed by atoms with Gasteiger partial charge in [-0.3, -0.25) is 4.79 Å². The smallest absolute Gasteiger partial charge is 0.226 e. The molecule has 0 unspecified atom stereocenters. The minimum atomic E-state index is -0.0424. The lowest BCUT2D eigenvalue weighted by atomic mass is 10.0. The third kappa shape index (κ3) is 5.86. The molecule has 1 aromatic heterocycles. The molecule has 1 aromatic carbocycles. The molecule has 134 valence electrons. The van der Waals surface area contributed by atoms with Gasteiger partial charge in [0.05, 0.1) is 12.1 Å². The number of rotatable bonds is 7. The summed E-state index contributed by atoms with van der Waals surface area (Å²) in [6.07, 6.45) is 2.21. The fraction of sp³-hybridized carbons (Fsp3) is 0.444. The third-order valence-electron chi connectivity index (χ3n) is 4.06. The zero-order valence-corrected chi connectivity index (χ0v) is 15.5. The molecule has 0 aliphatic carbocycles. The Morgan fingerprint density at radius 1 is 1.32 bits per heavy atom. The van der Waals surface area contributed by atoms with E-state index >= 15 is 0 Å². The van der Waals surface area contributed by atoms with Gasteiger partial charge in [0.2, 0.25) is 5.91 Å². The Balaban J connectivity index is 1.42. The Morgan fingerprint density at radius 2 is 2.16 bits per heavy atom. The van der Waals surface area contributed by atoms with Crippen molar-refractivity contribution in [1.82, 2.24) is 10.5 Å². The maximum Gasteiger partial charge on any atom is 0.226 e. The molecular formula is C18H21BrN2O4. The second-order valence-electron chi connectivity index (χ2n) is 6.07.